The molecule has 6 amide bonds. The lowest BCUT2D eigenvalue weighted by molar-refractivity contribution is -0.268. The lowest BCUT2D eigenvalue weighted by atomic mass is 9.91. The van der Waals surface area contributed by atoms with Gasteiger partial charge in [-0.1, -0.05) is 0 Å². The lowest BCUT2D eigenvalue weighted by Gasteiger charge is -2.46. The number of hydrogen-bond acceptors (Lipinski definition) is 15. The number of ether oxygens (including phenoxy) is 5. The van der Waals surface area contributed by atoms with E-state index in [9.17, 15) is 33.9 Å². The summed E-state index contributed by atoms with van der Waals surface area (Å²) in [6.45, 7) is 3.90. The molecule has 372 valence electrons. The second-order valence-corrected chi connectivity index (χ2v) is 15.7. The molecule has 21 heteroatoms. The number of aliphatic hydroxyl groups is 4. The predicted octanol–water partition coefficient (Wildman–Crippen LogP) is -1.15. The topological polar surface area (TPSA) is 302 Å². The first-order valence-corrected chi connectivity index (χ1v) is 23.1. The molecular formula is C43H80N6O15. The number of hydrogen-bond donors (Lipinski definition) is 10. The second kappa shape index (κ2) is 38.7. The van der Waals surface area contributed by atoms with E-state index in [1.165, 1.54) is 7.11 Å². The molecule has 0 aromatic carbocycles. The number of carbonyl (C=O) groups excluding carboxylic acids is 6. The molecule has 0 bridgehead atoms. The molecule has 0 radical (unpaired) electrons. The zero-order valence-corrected chi connectivity index (χ0v) is 38.2. The fourth-order valence-corrected chi connectivity index (χ4v) is 6.63. The van der Waals surface area contributed by atoms with E-state index in [1.807, 2.05) is 0 Å². The number of unbranched alkanes of at least 4 members (excludes halogenated alkanes) is 3. The third kappa shape index (κ3) is 29.8. The largest absolute Gasteiger partial charge is 0.396 e. The number of carbonyl (C=O) groups is 6. The van der Waals surface area contributed by atoms with Crippen molar-refractivity contribution < 1.29 is 72.9 Å². The Morgan fingerprint density at radius 2 is 0.797 bits per heavy atom. The van der Waals surface area contributed by atoms with Crippen LogP contribution in [0.2, 0.25) is 0 Å². The van der Waals surface area contributed by atoms with Crippen LogP contribution in [-0.2, 0) is 52.5 Å². The van der Waals surface area contributed by atoms with Gasteiger partial charge in [-0.15, -0.1) is 0 Å². The van der Waals surface area contributed by atoms with Crippen LogP contribution in [-0.4, -0.2) is 185 Å². The molecule has 0 aliphatic carbocycles. The number of aliphatic hydroxyl groups excluding tert-OH is 4. The van der Waals surface area contributed by atoms with Gasteiger partial charge in [0.2, 0.25) is 35.4 Å². The number of nitrogens with one attached hydrogen (secondary N) is 6. The van der Waals surface area contributed by atoms with E-state index in [4.69, 9.17) is 39.0 Å². The summed E-state index contributed by atoms with van der Waals surface area (Å²) < 4.78 is 31.3. The van der Waals surface area contributed by atoms with Crippen LogP contribution >= 0.6 is 0 Å². The van der Waals surface area contributed by atoms with Gasteiger partial charge >= 0.3 is 0 Å². The molecule has 1 fully saturated rings. The van der Waals surface area contributed by atoms with Gasteiger partial charge in [-0.05, 0) is 64.7 Å². The molecule has 64 heavy (non-hydrogen) atoms. The van der Waals surface area contributed by atoms with Crippen LogP contribution in [0.4, 0.5) is 0 Å². The number of methoxy groups -OCH3 is 1. The van der Waals surface area contributed by atoms with Gasteiger partial charge in [0.05, 0.1) is 18.8 Å². The third-order valence-corrected chi connectivity index (χ3v) is 9.95. The third-order valence-electron chi connectivity index (χ3n) is 9.95. The minimum absolute atomic E-state index is 0.0207. The molecule has 10 N–H and O–H groups in total. The van der Waals surface area contributed by atoms with Crippen LogP contribution in [0.3, 0.4) is 0 Å². The van der Waals surface area contributed by atoms with Crippen molar-refractivity contribution in [3.63, 3.8) is 0 Å². The van der Waals surface area contributed by atoms with E-state index < -0.39 is 36.6 Å². The first-order valence-electron chi connectivity index (χ1n) is 23.1. The molecule has 1 aliphatic rings. The highest BCUT2D eigenvalue weighted by Gasteiger charge is 2.48. The van der Waals surface area contributed by atoms with E-state index in [1.54, 1.807) is 6.92 Å². The summed E-state index contributed by atoms with van der Waals surface area (Å²) in [5.74, 6) is -1.23. The van der Waals surface area contributed by atoms with Gasteiger partial charge < -0.3 is 76.0 Å². The SMILES string of the molecule is COCC1OC(CC(C)O)C(OCCCNC(=O)CCNC(=O)CCCCO)C(OCCCNC(=O)CCNC(=O)CCCCO)C1OCCCNC(=O)CCNC(=O)CCCCO. The Labute approximate surface area is 378 Å². The molecule has 0 aromatic rings. The standard InChI is InChI=1S/C43H80N6O15/c1-32(53)30-33-41(61-27-9-18-44-38(57)15-21-47-35(54)12-3-6-24-50)43(63-29-11-20-46-40(59)17-23-49-37(56)14-5-8-26-52)42(34(64-33)31-60-2)62-28-10-19-45-39(58)16-22-48-36(55)13-4-7-25-51/h32-34,41-43,50-53H,3-31H2,1-2H3,(H,44,57)(H,45,58)(H,46,59)(H,47,54)(H,48,55)(H,49,56). The van der Waals surface area contributed by atoms with Crippen molar-refractivity contribution in [3.05, 3.63) is 0 Å². The smallest absolute Gasteiger partial charge is 0.221 e. The van der Waals surface area contributed by atoms with Crippen LogP contribution in [0.5, 0.6) is 0 Å². The second-order valence-electron chi connectivity index (χ2n) is 15.7. The lowest BCUT2D eigenvalue weighted by Crippen LogP contribution is -2.62. The molecule has 0 saturated carbocycles. The Bertz CT molecular complexity index is 1280. The van der Waals surface area contributed by atoms with Gasteiger partial charge in [-0.25, -0.2) is 0 Å². The zero-order valence-electron chi connectivity index (χ0n) is 38.2. The minimum Gasteiger partial charge on any atom is -0.396 e. The summed E-state index contributed by atoms with van der Waals surface area (Å²) in [5, 5.41) is 53.7. The fourth-order valence-electron chi connectivity index (χ4n) is 6.63. The van der Waals surface area contributed by atoms with Gasteiger partial charge in [-0.2, -0.15) is 0 Å². The molecule has 6 atom stereocenters. The zero-order chi connectivity index (χ0) is 47.2. The molecule has 21 nitrogen and oxygen atoms in total. The summed E-state index contributed by atoms with van der Waals surface area (Å²) in [5.41, 5.74) is 0. The Morgan fingerprint density at radius 3 is 1.14 bits per heavy atom. The number of rotatable bonds is 40. The van der Waals surface area contributed by atoms with Crippen molar-refractivity contribution in [2.75, 3.05) is 92.6 Å². The summed E-state index contributed by atoms with van der Waals surface area (Å²) in [7, 11) is 1.53. The average Bonchev–Trinajstić information content (AvgIpc) is 3.25. The summed E-state index contributed by atoms with van der Waals surface area (Å²) in [4.78, 5) is 73.0. The number of amides is 6. The van der Waals surface area contributed by atoms with E-state index in [0.29, 0.717) is 77.4 Å². The van der Waals surface area contributed by atoms with E-state index in [-0.39, 0.29) is 146 Å². The van der Waals surface area contributed by atoms with Gasteiger partial charge in [-0.3, -0.25) is 28.8 Å². The van der Waals surface area contributed by atoms with Crippen LogP contribution < -0.4 is 31.9 Å². The Hall–Kier alpha value is -3.54. The molecular weight excluding hydrogens is 840 g/mol. The van der Waals surface area contributed by atoms with Crippen molar-refractivity contribution in [3.8, 4) is 0 Å². The van der Waals surface area contributed by atoms with Crippen molar-refractivity contribution >= 4 is 35.4 Å². The molecule has 0 aromatic heterocycles. The predicted molar refractivity (Wildman–Crippen MR) is 235 cm³/mol. The van der Waals surface area contributed by atoms with Crippen molar-refractivity contribution in [1.29, 1.82) is 0 Å². The van der Waals surface area contributed by atoms with Crippen molar-refractivity contribution in [2.45, 2.75) is 146 Å². The highest BCUT2D eigenvalue weighted by atomic mass is 16.6. The van der Waals surface area contributed by atoms with Crippen molar-refractivity contribution in [2.24, 2.45) is 0 Å². The van der Waals surface area contributed by atoms with E-state index >= 15 is 0 Å². The van der Waals surface area contributed by atoms with Crippen LogP contribution in [0, 0.1) is 0 Å². The summed E-state index contributed by atoms with van der Waals surface area (Å²) in [6.07, 6.45) is 1.83. The Morgan fingerprint density at radius 1 is 0.469 bits per heavy atom. The fraction of sp³-hybridized carbons (Fsp3) is 0.860. The first kappa shape index (κ1) is 58.5. The highest BCUT2D eigenvalue weighted by molar-refractivity contribution is 5.80. The maximum absolute atomic E-state index is 12.5. The Kier molecular flexibility index (Phi) is 35.4. The maximum Gasteiger partial charge on any atom is 0.221 e. The van der Waals surface area contributed by atoms with Crippen LogP contribution in [0.25, 0.3) is 0 Å². The quantitative estimate of drug-likeness (QED) is 0.0325. The first-order chi connectivity index (χ1) is 30.9. The van der Waals surface area contributed by atoms with Crippen LogP contribution in [0.1, 0.15) is 110 Å². The summed E-state index contributed by atoms with van der Waals surface area (Å²) >= 11 is 0. The molecule has 0 spiro atoms. The van der Waals surface area contributed by atoms with E-state index in [0.717, 1.165) is 0 Å². The average molecular weight is 921 g/mol. The maximum atomic E-state index is 12.5. The Balaban J connectivity index is 2.89. The minimum atomic E-state index is -0.754. The monoisotopic (exact) mass is 921 g/mol. The highest BCUT2D eigenvalue weighted by Crippen LogP contribution is 2.31. The molecule has 1 aliphatic heterocycles. The van der Waals surface area contributed by atoms with Crippen molar-refractivity contribution in [1.82, 2.24) is 31.9 Å². The molecule has 6 unspecified atom stereocenters. The van der Waals surface area contributed by atoms with Gasteiger partial charge in [0.15, 0.2) is 0 Å². The normalized spacial score (nSPS) is 18.8. The van der Waals surface area contributed by atoms with Crippen LogP contribution in [0.15, 0.2) is 0 Å². The van der Waals surface area contributed by atoms with Gasteiger partial charge in [0, 0.05) is 131 Å². The molecule has 1 saturated heterocycles. The van der Waals surface area contributed by atoms with Gasteiger partial charge in [0.1, 0.15) is 24.4 Å². The summed E-state index contributed by atoms with van der Waals surface area (Å²) in [6, 6.07) is 0. The van der Waals surface area contributed by atoms with E-state index in [2.05, 4.69) is 31.9 Å². The van der Waals surface area contributed by atoms with Gasteiger partial charge in [0.25, 0.3) is 0 Å². The molecule has 1 heterocycles. The molecule has 1 rings (SSSR count).